The summed E-state index contributed by atoms with van der Waals surface area (Å²) < 4.78 is 9.15. The van der Waals surface area contributed by atoms with Crippen LogP contribution in [0.15, 0.2) is 95.1 Å². The fourth-order valence-electron chi connectivity index (χ4n) is 5.45. The van der Waals surface area contributed by atoms with E-state index in [1.807, 2.05) is 18.2 Å². The molecular formula is C35H25N7O2S2. The van der Waals surface area contributed by atoms with Crippen molar-refractivity contribution in [1.82, 2.24) is 18.6 Å². The fraction of sp³-hybridized carbons (Fsp3) is 0.114. The highest BCUT2D eigenvalue weighted by Gasteiger charge is 2.35. The topological polar surface area (TPSA) is 115 Å². The molecule has 3 aromatic heterocycles. The van der Waals surface area contributed by atoms with Gasteiger partial charge in [0.1, 0.15) is 33.4 Å². The van der Waals surface area contributed by atoms with Crippen LogP contribution in [0.5, 0.6) is 0 Å². The van der Waals surface area contributed by atoms with Gasteiger partial charge in [0.25, 0.3) is 11.8 Å². The minimum Gasteiger partial charge on any atom is -0.301 e. The number of hydrogen-bond donors (Lipinski definition) is 0. The Morgan fingerprint density at radius 1 is 0.826 bits per heavy atom. The Labute approximate surface area is 272 Å². The van der Waals surface area contributed by atoms with E-state index >= 15 is 0 Å². The molecule has 0 spiro atoms. The number of carbonyl (C=O) groups excluding carboxylic acids is 2. The van der Waals surface area contributed by atoms with E-state index in [1.165, 1.54) is 25.1 Å². The highest BCUT2D eigenvalue weighted by Crippen LogP contribution is 2.50. The number of thiophene rings is 1. The lowest BCUT2D eigenvalue weighted by Crippen LogP contribution is -2.44. The van der Waals surface area contributed by atoms with E-state index in [9.17, 15) is 14.9 Å². The number of rotatable bonds is 5. The summed E-state index contributed by atoms with van der Waals surface area (Å²) in [5.74, 6) is -1.07. The first-order valence-electron chi connectivity index (χ1n) is 14.4. The molecule has 0 fully saturated rings. The second kappa shape index (κ2) is 11.4. The van der Waals surface area contributed by atoms with Crippen molar-refractivity contribution in [3.63, 3.8) is 0 Å². The molecule has 0 N–H and O–H groups in total. The highest BCUT2D eigenvalue weighted by atomic mass is 32.1. The smallest absolute Gasteiger partial charge is 0.279 e. The van der Waals surface area contributed by atoms with Crippen LogP contribution in [0.25, 0.3) is 32.2 Å². The molecule has 224 valence electrons. The van der Waals surface area contributed by atoms with E-state index in [1.54, 1.807) is 17.5 Å². The van der Waals surface area contributed by atoms with Crippen molar-refractivity contribution in [2.75, 3.05) is 11.9 Å². The highest BCUT2D eigenvalue weighted by molar-refractivity contribution is 7.21. The molecule has 6 aromatic rings. The zero-order chi connectivity index (χ0) is 32.1. The first-order chi connectivity index (χ1) is 22.3. The van der Waals surface area contributed by atoms with Crippen LogP contribution in [0.3, 0.4) is 0 Å². The third kappa shape index (κ3) is 4.75. The Bertz CT molecular complexity index is 2260. The molecule has 2 amide bonds. The van der Waals surface area contributed by atoms with Crippen molar-refractivity contribution in [3.05, 3.63) is 101 Å². The molecule has 4 heterocycles. The Kier molecular flexibility index (Phi) is 7.23. The van der Waals surface area contributed by atoms with Crippen LogP contribution < -0.4 is 4.90 Å². The SMILES string of the molecule is CC1=C(C#N)C(=O)N(C)C(=O)C1=Nc1ncc(-c2sc(N(c3ccc(C)cc3)c3ccc(C)cc3)c3ccccc23)c2nsnc12. The minimum atomic E-state index is -0.654. The summed E-state index contributed by atoms with van der Waals surface area (Å²) >= 11 is 2.67. The Hall–Kier alpha value is -5.57. The number of nitrogens with zero attached hydrogens (tertiary/aromatic N) is 7. The Morgan fingerprint density at radius 3 is 2.07 bits per heavy atom. The van der Waals surface area contributed by atoms with Crippen LogP contribution >= 0.6 is 23.1 Å². The second-order valence-electron chi connectivity index (χ2n) is 11.0. The Morgan fingerprint density at radius 2 is 1.43 bits per heavy atom. The van der Waals surface area contributed by atoms with E-state index < -0.39 is 11.8 Å². The van der Waals surface area contributed by atoms with Gasteiger partial charge >= 0.3 is 0 Å². The molecule has 3 aromatic carbocycles. The van der Waals surface area contributed by atoms with Crippen molar-refractivity contribution in [3.8, 4) is 16.5 Å². The number of benzene rings is 3. The first kappa shape index (κ1) is 29.2. The quantitative estimate of drug-likeness (QED) is 0.176. The van der Waals surface area contributed by atoms with Crippen LogP contribution in [-0.2, 0) is 9.59 Å². The third-order valence-electron chi connectivity index (χ3n) is 7.99. The van der Waals surface area contributed by atoms with E-state index in [0.29, 0.717) is 11.0 Å². The van der Waals surface area contributed by atoms with Crippen molar-refractivity contribution in [2.45, 2.75) is 20.8 Å². The van der Waals surface area contributed by atoms with Gasteiger partial charge in [-0.3, -0.25) is 14.5 Å². The summed E-state index contributed by atoms with van der Waals surface area (Å²) in [7, 11) is 1.33. The molecule has 0 saturated carbocycles. The molecule has 7 rings (SSSR count). The molecule has 11 heteroatoms. The predicted molar refractivity (Wildman–Crippen MR) is 183 cm³/mol. The maximum absolute atomic E-state index is 13.0. The van der Waals surface area contributed by atoms with Crippen LogP contribution in [0, 0.1) is 25.2 Å². The van der Waals surface area contributed by atoms with Crippen LogP contribution in [-0.4, -0.2) is 43.2 Å². The van der Waals surface area contributed by atoms with Crippen molar-refractivity contribution >= 4 is 84.6 Å². The number of imide groups is 1. The van der Waals surface area contributed by atoms with Crippen LogP contribution in [0.4, 0.5) is 22.2 Å². The number of likely N-dealkylation sites (N-methyl/N-ethyl adjacent to an activating group) is 1. The number of pyridine rings is 1. The van der Waals surface area contributed by atoms with Gasteiger partial charge in [0.05, 0.1) is 11.7 Å². The summed E-state index contributed by atoms with van der Waals surface area (Å²) in [6.45, 7) is 5.70. The van der Waals surface area contributed by atoms with Gasteiger partial charge in [-0.2, -0.15) is 14.0 Å². The van der Waals surface area contributed by atoms with Gasteiger partial charge in [0.2, 0.25) is 0 Å². The molecule has 0 aliphatic carbocycles. The van der Waals surface area contributed by atoms with Crippen LogP contribution in [0.2, 0.25) is 0 Å². The van der Waals surface area contributed by atoms with Gasteiger partial charge in [-0.25, -0.2) is 9.98 Å². The molecule has 1 aliphatic rings. The maximum atomic E-state index is 13.0. The van der Waals surface area contributed by atoms with Crippen LogP contribution in [0.1, 0.15) is 18.1 Å². The van der Waals surface area contributed by atoms with Gasteiger partial charge in [-0.15, -0.1) is 11.3 Å². The van der Waals surface area contributed by atoms with Crippen molar-refractivity contribution < 1.29 is 9.59 Å². The average molecular weight is 640 g/mol. The van der Waals surface area contributed by atoms with E-state index in [-0.39, 0.29) is 22.7 Å². The average Bonchev–Trinajstić information content (AvgIpc) is 3.71. The number of nitriles is 1. The number of aromatic nitrogens is 3. The third-order valence-corrected chi connectivity index (χ3v) is 9.76. The molecule has 0 bridgehead atoms. The van der Waals surface area contributed by atoms with Crippen molar-refractivity contribution in [2.24, 2.45) is 4.99 Å². The Balaban J connectivity index is 1.42. The van der Waals surface area contributed by atoms with E-state index in [0.717, 1.165) is 54.2 Å². The lowest BCUT2D eigenvalue weighted by Gasteiger charge is -2.24. The second-order valence-corrected chi connectivity index (χ2v) is 12.5. The molecule has 0 saturated heterocycles. The summed E-state index contributed by atoms with van der Waals surface area (Å²) in [5, 5.41) is 12.7. The molecular weight excluding hydrogens is 615 g/mol. The summed E-state index contributed by atoms with van der Waals surface area (Å²) in [4.78, 5) is 38.8. The number of carbonyl (C=O) groups is 2. The molecule has 0 atom stereocenters. The van der Waals surface area contributed by atoms with Gasteiger partial charge in [0, 0.05) is 51.4 Å². The lowest BCUT2D eigenvalue weighted by atomic mass is 9.99. The maximum Gasteiger partial charge on any atom is 0.279 e. The monoisotopic (exact) mass is 639 g/mol. The molecule has 46 heavy (non-hydrogen) atoms. The number of hydrogen-bond acceptors (Lipinski definition) is 10. The minimum absolute atomic E-state index is 0.0242. The fourth-order valence-corrected chi connectivity index (χ4v) is 7.33. The number of amides is 2. The number of anilines is 3. The molecule has 9 nitrogen and oxygen atoms in total. The normalized spacial score (nSPS) is 14.5. The standard InChI is InChI=1S/C35H25N7O2S2/c1-19-9-13-22(14-10-19)42(23-15-11-20(2)12-16-23)35-25-8-6-5-7-24(25)31(45-35)27-18-37-32(30-29(27)39-46-40-30)38-28-21(3)26(17-36)33(43)41(4)34(28)44/h5-16,18H,1-4H3. The number of fused-ring (bicyclic) bond motifs is 2. The van der Waals surface area contributed by atoms with Gasteiger partial charge in [0.15, 0.2) is 5.82 Å². The first-order valence-corrected chi connectivity index (χ1v) is 15.9. The molecule has 1 aliphatic heterocycles. The zero-order valence-corrected chi connectivity index (χ0v) is 26.9. The van der Waals surface area contributed by atoms with Gasteiger partial charge < -0.3 is 4.90 Å². The predicted octanol–water partition coefficient (Wildman–Crippen LogP) is 7.97. The lowest BCUT2D eigenvalue weighted by molar-refractivity contribution is -0.136. The number of aliphatic imine (C=N–C) groups is 1. The van der Waals surface area contributed by atoms with E-state index in [4.69, 9.17) is 0 Å². The summed E-state index contributed by atoms with van der Waals surface area (Å²) in [6, 6.07) is 27.2. The zero-order valence-electron chi connectivity index (χ0n) is 25.3. The van der Waals surface area contributed by atoms with Gasteiger partial charge in [-0.05, 0) is 45.0 Å². The van der Waals surface area contributed by atoms with Crippen molar-refractivity contribution in [1.29, 1.82) is 5.26 Å². The summed E-state index contributed by atoms with van der Waals surface area (Å²) in [5.41, 5.74) is 6.32. The molecule has 0 unspecified atom stereocenters. The molecule has 0 radical (unpaired) electrons. The van der Waals surface area contributed by atoms with E-state index in [2.05, 4.69) is 98.1 Å². The van der Waals surface area contributed by atoms with Gasteiger partial charge in [-0.1, -0.05) is 59.7 Å². The summed E-state index contributed by atoms with van der Waals surface area (Å²) in [6.07, 6.45) is 1.71. The number of aryl methyl sites for hydroxylation is 2. The largest absolute Gasteiger partial charge is 0.301 e.